The second-order valence-corrected chi connectivity index (χ2v) is 7.46. The van der Waals surface area contributed by atoms with E-state index in [9.17, 15) is 5.11 Å². The number of nitrogens with one attached hydrogen (secondary N) is 1. The molecule has 0 radical (unpaired) electrons. The van der Waals surface area contributed by atoms with Crippen molar-refractivity contribution in [3.8, 4) is 22.5 Å². The fraction of sp³-hybridized carbons (Fsp3) is 0.211. The molecule has 3 rings (SSSR count). The zero-order valence-corrected chi connectivity index (χ0v) is 16.7. The Labute approximate surface area is 172 Å². The fourth-order valence-electron chi connectivity index (χ4n) is 2.53. The van der Waals surface area contributed by atoms with E-state index in [4.69, 9.17) is 34.8 Å². The Morgan fingerprint density at radius 3 is 2.44 bits per heavy atom. The standard InChI is InChI=1S/C19H17Cl3N4O/c1-11(20)16(10-27)25-17-9-24-18(12-2-4-13(21)5-3-12)19(26-17)14-6-7-23-8-15(14)22/h2-9,11,16,27H,10H2,1H3,(H,25,26)/t11?,16-/m0/s1. The summed E-state index contributed by atoms with van der Waals surface area (Å²) in [4.78, 5) is 13.3. The van der Waals surface area contributed by atoms with Gasteiger partial charge in [0.05, 0.1) is 34.9 Å². The second-order valence-electron chi connectivity index (χ2n) is 5.93. The minimum Gasteiger partial charge on any atom is -0.394 e. The van der Waals surface area contributed by atoms with Crippen molar-refractivity contribution in [3.63, 3.8) is 0 Å². The van der Waals surface area contributed by atoms with Gasteiger partial charge in [-0.1, -0.05) is 35.3 Å². The summed E-state index contributed by atoms with van der Waals surface area (Å²) in [7, 11) is 0. The second kappa shape index (κ2) is 8.85. The lowest BCUT2D eigenvalue weighted by atomic mass is 10.0. The molecule has 0 aliphatic heterocycles. The lowest BCUT2D eigenvalue weighted by Gasteiger charge is -2.20. The van der Waals surface area contributed by atoms with Crippen molar-refractivity contribution in [3.05, 3.63) is 59.0 Å². The van der Waals surface area contributed by atoms with E-state index in [0.29, 0.717) is 32.8 Å². The summed E-state index contributed by atoms with van der Waals surface area (Å²) in [6, 6.07) is 8.75. The van der Waals surface area contributed by atoms with Crippen LogP contribution in [-0.2, 0) is 0 Å². The van der Waals surface area contributed by atoms with Crippen molar-refractivity contribution in [2.24, 2.45) is 0 Å². The van der Waals surface area contributed by atoms with Crippen LogP contribution in [0.3, 0.4) is 0 Å². The number of halogens is 3. The van der Waals surface area contributed by atoms with Crippen molar-refractivity contribution in [2.45, 2.75) is 18.3 Å². The summed E-state index contributed by atoms with van der Waals surface area (Å²) in [6.07, 6.45) is 4.80. The summed E-state index contributed by atoms with van der Waals surface area (Å²) in [5.41, 5.74) is 2.80. The van der Waals surface area contributed by atoms with Crippen LogP contribution in [0.1, 0.15) is 6.92 Å². The first kappa shape index (κ1) is 19.8. The molecular weight excluding hydrogens is 407 g/mol. The highest BCUT2D eigenvalue weighted by atomic mass is 35.5. The lowest BCUT2D eigenvalue weighted by molar-refractivity contribution is 0.273. The Hall–Kier alpha value is -1.92. The Balaban J connectivity index is 2.11. The van der Waals surface area contributed by atoms with Gasteiger partial charge in [0.25, 0.3) is 0 Å². The molecule has 1 aromatic carbocycles. The molecule has 5 nitrogen and oxygen atoms in total. The number of anilines is 1. The predicted octanol–water partition coefficient (Wildman–Crippen LogP) is 4.91. The van der Waals surface area contributed by atoms with Crippen LogP contribution in [0.25, 0.3) is 22.5 Å². The van der Waals surface area contributed by atoms with E-state index in [0.717, 1.165) is 5.56 Å². The normalized spacial score (nSPS) is 13.2. The van der Waals surface area contributed by atoms with Crippen molar-refractivity contribution in [1.29, 1.82) is 0 Å². The van der Waals surface area contributed by atoms with E-state index in [1.807, 2.05) is 12.1 Å². The Morgan fingerprint density at radius 2 is 1.81 bits per heavy atom. The third-order valence-corrected chi connectivity index (χ3v) is 4.86. The number of benzene rings is 1. The van der Waals surface area contributed by atoms with Crippen LogP contribution in [0.5, 0.6) is 0 Å². The number of pyridine rings is 1. The van der Waals surface area contributed by atoms with Gasteiger partial charge in [-0.15, -0.1) is 11.6 Å². The van der Waals surface area contributed by atoms with Gasteiger partial charge in [0.2, 0.25) is 0 Å². The van der Waals surface area contributed by atoms with E-state index in [-0.39, 0.29) is 18.0 Å². The quantitative estimate of drug-likeness (QED) is 0.551. The number of hydrogen-bond acceptors (Lipinski definition) is 5. The number of aromatic nitrogens is 3. The summed E-state index contributed by atoms with van der Waals surface area (Å²) in [5.74, 6) is 0.488. The van der Waals surface area contributed by atoms with Gasteiger partial charge in [0, 0.05) is 28.5 Å². The highest BCUT2D eigenvalue weighted by molar-refractivity contribution is 6.33. The van der Waals surface area contributed by atoms with Gasteiger partial charge in [0.1, 0.15) is 11.5 Å². The maximum Gasteiger partial charge on any atom is 0.145 e. The van der Waals surface area contributed by atoms with Crippen LogP contribution in [0.2, 0.25) is 10.0 Å². The van der Waals surface area contributed by atoms with Crippen LogP contribution in [0.15, 0.2) is 48.9 Å². The molecule has 3 aromatic rings. The number of nitrogens with zero attached hydrogens (tertiary/aromatic N) is 3. The van der Waals surface area contributed by atoms with E-state index < -0.39 is 0 Å². The van der Waals surface area contributed by atoms with Gasteiger partial charge >= 0.3 is 0 Å². The summed E-state index contributed by atoms with van der Waals surface area (Å²) in [6.45, 7) is 1.67. The topological polar surface area (TPSA) is 70.9 Å². The number of aliphatic hydroxyl groups excluding tert-OH is 1. The first-order valence-corrected chi connectivity index (χ1v) is 9.43. The van der Waals surface area contributed by atoms with Crippen molar-refractivity contribution >= 4 is 40.6 Å². The molecule has 0 aliphatic carbocycles. The fourth-order valence-corrected chi connectivity index (χ4v) is 3.01. The van der Waals surface area contributed by atoms with E-state index in [1.165, 1.54) is 0 Å². The average Bonchev–Trinajstić information content (AvgIpc) is 2.67. The lowest BCUT2D eigenvalue weighted by Crippen LogP contribution is -2.32. The summed E-state index contributed by atoms with van der Waals surface area (Å²) in [5, 5.41) is 13.4. The molecule has 0 spiro atoms. The molecule has 0 fully saturated rings. The maximum absolute atomic E-state index is 9.51. The predicted molar refractivity (Wildman–Crippen MR) is 111 cm³/mol. The van der Waals surface area contributed by atoms with Crippen LogP contribution in [-0.4, -0.2) is 38.1 Å². The molecule has 0 saturated carbocycles. The monoisotopic (exact) mass is 422 g/mol. The van der Waals surface area contributed by atoms with Crippen molar-refractivity contribution in [1.82, 2.24) is 15.0 Å². The minimum absolute atomic E-state index is 0.128. The number of alkyl halides is 1. The molecule has 0 amide bonds. The molecule has 2 N–H and O–H groups in total. The molecule has 2 atom stereocenters. The zero-order valence-electron chi connectivity index (χ0n) is 14.4. The minimum atomic E-state index is -0.358. The van der Waals surface area contributed by atoms with Gasteiger partial charge in [-0.3, -0.25) is 9.97 Å². The van der Waals surface area contributed by atoms with Gasteiger partial charge < -0.3 is 10.4 Å². The first-order chi connectivity index (χ1) is 13.0. The molecule has 2 aromatic heterocycles. The highest BCUT2D eigenvalue weighted by Gasteiger charge is 2.18. The Bertz CT molecular complexity index is 919. The molecule has 140 valence electrons. The van der Waals surface area contributed by atoms with Crippen LogP contribution in [0, 0.1) is 0 Å². The SMILES string of the molecule is CC(Cl)[C@H](CO)Nc1cnc(-c2ccc(Cl)cc2)c(-c2ccncc2Cl)n1. The highest BCUT2D eigenvalue weighted by Crippen LogP contribution is 2.34. The molecule has 8 heteroatoms. The zero-order chi connectivity index (χ0) is 19.4. The van der Waals surface area contributed by atoms with Gasteiger partial charge in [0.15, 0.2) is 0 Å². The molecule has 2 heterocycles. The Morgan fingerprint density at radius 1 is 1.07 bits per heavy atom. The molecule has 0 aliphatic rings. The van der Waals surface area contributed by atoms with Gasteiger partial charge in [-0.2, -0.15) is 0 Å². The smallest absolute Gasteiger partial charge is 0.145 e. The van der Waals surface area contributed by atoms with E-state index in [1.54, 1.807) is 43.7 Å². The van der Waals surface area contributed by atoms with Gasteiger partial charge in [-0.05, 0) is 25.1 Å². The third kappa shape index (κ3) is 4.68. The van der Waals surface area contributed by atoms with Crippen LogP contribution >= 0.6 is 34.8 Å². The van der Waals surface area contributed by atoms with Crippen molar-refractivity contribution in [2.75, 3.05) is 11.9 Å². The van der Waals surface area contributed by atoms with Crippen molar-refractivity contribution < 1.29 is 5.11 Å². The largest absolute Gasteiger partial charge is 0.394 e. The number of aliphatic hydroxyl groups is 1. The average molecular weight is 424 g/mol. The van der Waals surface area contributed by atoms with Crippen LogP contribution in [0.4, 0.5) is 5.82 Å². The molecule has 0 bridgehead atoms. The van der Waals surface area contributed by atoms with Crippen LogP contribution < -0.4 is 5.32 Å². The molecule has 1 unspecified atom stereocenters. The molecule has 27 heavy (non-hydrogen) atoms. The maximum atomic E-state index is 9.51. The molecular formula is C19H17Cl3N4O. The summed E-state index contributed by atoms with van der Waals surface area (Å²) >= 11 is 18.4. The third-order valence-electron chi connectivity index (χ3n) is 4.00. The Kier molecular flexibility index (Phi) is 6.50. The number of rotatable bonds is 6. The number of hydrogen-bond donors (Lipinski definition) is 2. The molecule has 0 saturated heterocycles. The van der Waals surface area contributed by atoms with Gasteiger partial charge in [-0.25, -0.2) is 4.98 Å². The first-order valence-electron chi connectivity index (χ1n) is 8.24. The summed E-state index contributed by atoms with van der Waals surface area (Å²) < 4.78 is 0. The van der Waals surface area contributed by atoms with E-state index in [2.05, 4.69) is 20.3 Å². The van der Waals surface area contributed by atoms with E-state index >= 15 is 0 Å².